The first-order valence-electron chi connectivity index (χ1n) is 9.95. The molecule has 1 aliphatic heterocycles. The lowest BCUT2D eigenvalue weighted by Gasteiger charge is -2.34. The van der Waals surface area contributed by atoms with Crippen LogP contribution in [0.15, 0.2) is 42.2 Å². The first-order valence-corrected chi connectivity index (χ1v) is 10.8. The van der Waals surface area contributed by atoms with Gasteiger partial charge in [0.25, 0.3) is 5.91 Å². The second-order valence-electron chi connectivity index (χ2n) is 8.08. The van der Waals surface area contributed by atoms with E-state index in [0.717, 1.165) is 41.3 Å². The summed E-state index contributed by atoms with van der Waals surface area (Å²) in [7, 11) is 0. The van der Waals surface area contributed by atoms with Crippen molar-refractivity contribution in [1.82, 2.24) is 19.9 Å². The monoisotopic (exact) mass is 405 g/mol. The van der Waals surface area contributed by atoms with Gasteiger partial charge in [0.2, 0.25) is 0 Å². The van der Waals surface area contributed by atoms with Crippen molar-refractivity contribution in [2.45, 2.75) is 38.8 Å². The quantitative estimate of drug-likeness (QED) is 0.712. The summed E-state index contributed by atoms with van der Waals surface area (Å²) in [6, 6.07) is 6.43. The number of aryl methyl sites for hydroxylation is 2. The van der Waals surface area contributed by atoms with Gasteiger partial charge in [0.15, 0.2) is 0 Å². The summed E-state index contributed by atoms with van der Waals surface area (Å²) >= 11 is 1.51. The third-order valence-electron chi connectivity index (χ3n) is 5.88. The summed E-state index contributed by atoms with van der Waals surface area (Å²) in [5.74, 6) is 1.47. The number of amides is 1. The molecule has 3 unspecified atom stereocenters. The zero-order valence-corrected chi connectivity index (χ0v) is 17.3. The maximum absolute atomic E-state index is 13.6. The third kappa shape index (κ3) is 3.40. The number of rotatable bonds is 4. The number of carbonyl (C=O) groups excluding carboxylic acids is 1. The van der Waals surface area contributed by atoms with Gasteiger partial charge in [-0.1, -0.05) is 6.07 Å². The molecule has 2 bridgehead atoms. The smallest absolute Gasteiger partial charge is 0.256 e. The van der Waals surface area contributed by atoms with Crippen molar-refractivity contribution in [3.05, 3.63) is 58.9 Å². The largest absolute Gasteiger partial charge is 0.365 e. The molecule has 1 saturated carbocycles. The molecule has 0 aromatic carbocycles. The van der Waals surface area contributed by atoms with Crippen LogP contribution in [0.4, 0.5) is 5.82 Å². The van der Waals surface area contributed by atoms with E-state index in [0.29, 0.717) is 17.2 Å². The van der Waals surface area contributed by atoms with Crippen molar-refractivity contribution in [2.75, 3.05) is 11.9 Å². The molecule has 148 valence electrons. The number of pyridine rings is 2. The van der Waals surface area contributed by atoms with Crippen LogP contribution in [0.2, 0.25) is 0 Å². The number of hydrogen-bond acceptors (Lipinski definition) is 6. The Labute approximate surface area is 174 Å². The lowest BCUT2D eigenvalue weighted by molar-refractivity contribution is 0.0692. The Morgan fingerprint density at radius 3 is 2.72 bits per heavy atom. The minimum absolute atomic E-state index is 0.0577. The predicted molar refractivity (Wildman–Crippen MR) is 114 cm³/mol. The van der Waals surface area contributed by atoms with Crippen LogP contribution in [0.5, 0.6) is 0 Å². The van der Waals surface area contributed by atoms with Gasteiger partial charge >= 0.3 is 0 Å². The van der Waals surface area contributed by atoms with Crippen molar-refractivity contribution < 1.29 is 4.79 Å². The molecule has 4 heterocycles. The molecule has 2 fully saturated rings. The molecule has 1 amide bonds. The van der Waals surface area contributed by atoms with Crippen LogP contribution in [0, 0.1) is 19.8 Å². The van der Waals surface area contributed by atoms with E-state index in [-0.39, 0.29) is 18.0 Å². The molecule has 1 aliphatic carbocycles. The number of carbonyl (C=O) groups is 1. The van der Waals surface area contributed by atoms with E-state index in [2.05, 4.69) is 26.3 Å². The van der Waals surface area contributed by atoms with Crippen LogP contribution in [-0.4, -0.2) is 44.4 Å². The second kappa shape index (κ2) is 7.22. The molecule has 7 heteroatoms. The summed E-state index contributed by atoms with van der Waals surface area (Å²) in [5.41, 5.74) is 3.46. The Kier molecular flexibility index (Phi) is 4.54. The van der Waals surface area contributed by atoms with Crippen molar-refractivity contribution in [2.24, 2.45) is 5.92 Å². The Balaban J connectivity index is 1.41. The average Bonchev–Trinajstić information content (AvgIpc) is 3.46. The number of likely N-dealkylation sites (tertiary alicyclic amines) is 1. The number of thiazole rings is 1. The van der Waals surface area contributed by atoms with Crippen LogP contribution in [0.3, 0.4) is 0 Å². The number of anilines is 1. The van der Waals surface area contributed by atoms with E-state index < -0.39 is 0 Å². The summed E-state index contributed by atoms with van der Waals surface area (Å²) in [6.45, 7) is 4.82. The van der Waals surface area contributed by atoms with Gasteiger partial charge in [0, 0.05) is 36.6 Å². The first kappa shape index (κ1) is 18.2. The second-order valence-corrected chi connectivity index (χ2v) is 8.97. The fraction of sp³-hybridized carbons (Fsp3) is 0.364. The summed E-state index contributed by atoms with van der Waals surface area (Å²) in [5, 5.41) is 6.26. The zero-order valence-electron chi connectivity index (χ0n) is 16.5. The maximum Gasteiger partial charge on any atom is 0.256 e. The number of fused-ring (bicyclic) bond motifs is 2. The van der Waals surface area contributed by atoms with E-state index >= 15 is 0 Å². The van der Waals surface area contributed by atoms with Crippen molar-refractivity contribution in [1.29, 1.82) is 0 Å². The Morgan fingerprint density at radius 1 is 1.14 bits per heavy atom. The molecule has 2 aliphatic rings. The first-order chi connectivity index (χ1) is 14.1. The van der Waals surface area contributed by atoms with Crippen molar-refractivity contribution >= 4 is 23.1 Å². The van der Waals surface area contributed by atoms with Gasteiger partial charge < -0.3 is 10.2 Å². The normalized spacial score (nSPS) is 22.8. The fourth-order valence-electron chi connectivity index (χ4n) is 4.55. The van der Waals surface area contributed by atoms with Gasteiger partial charge in [-0.15, -0.1) is 11.3 Å². The van der Waals surface area contributed by atoms with E-state index in [1.165, 1.54) is 11.3 Å². The Morgan fingerprint density at radius 2 is 2.00 bits per heavy atom. The lowest BCUT2D eigenvalue weighted by Crippen LogP contribution is -2.48. The highest BCUT2D eigenvalue weighted by atomic mass is 32.1. The predicted octanol–water partition coefficient (Wildman–Crippen LogP) is 3.93. The van der Waals surface area contributed by atoms with Gasteiger partial charge in [0.05, 0.1) is 11.6 Å². The maximum atomic E-state index is 13.6. The fourth-order valence-corrected chi connectivity index (χ4v) is 5.20. The van der Waals surface area contributed by atoms with E-state index in [1.807, 2.05) is 42.5 Å². The molecule has 0 radical (unpaired) electrons. The molecule has 1 saturated heterocycles. The molecular formula is C22H23N5OS. The SMILES string of the molecule is Cc1ccc(NC2CC3CC2N(C(=O)c2cc(C)cnc2-c2nccs2)C3)nc1. The molecule has 1 N–H and O–H groups in total. The summed E-state index contributed by atoms with van der Waals surface area (Å²) < 4.78 is 0. The molecule has 0 spiro atoms. The van der Waals surface area contributed by atoms with E-state index in [4.69, 9.17) is 0 Å². The van der Waals surface area contributed by atoms with Crippen LogP contribution < -0.4 is 5.32 Å². The highest BCUT2D eigenvalue weighted by molar-refractivity contribution is 7.13. The van der Waals surface area contributed by atoms with Crippen LogP contribution >= 0.6 is 11.3 Å². The van der Waals surface area contributed by atoms with Crippen LogP contribution in [-0.2, 0) is 0 Å². The van der Waals surface area contributed by atoms with Gasteiger partial charge in [0.1, 0.15) is 16.5 Å². The zero-order chi connectivity index (χ0) is 20.0. The Hall–Kier alpha value is -2.80. The summed E-state index contributed by atoms with van der Waals surface area (Å²) in [6.07, 6.45) is 7.55. The number of nitrogens with one attached hydrogen (secondary N) is 1. The molecular weight excluding hydrogens is 382 g/mol. The van der Waals surface area contributed by atoms with Gasteiger partial charge in [-0.3, -0.25) is 9.78 Å². The van der Waals surface area contributed by atoms with E-state index in [9.17, 15) is 4.79 Å². The van der Waals surface area contributed by atoms with Gasteiger partial charge in [-0.2, -0.15) is 0 Å². The minimum Gasteiger partial charge on any atom is -0.365 e. The minimum atomic E-state index is 0.0577. The lowest BCUT2D eigenvalue weighted by atomic mass is 10.0. The van der Waals surface area contributed by atoms with E-state index in [1.54, 1.807) is 12.4 Å². The average molecular weight is 406 g/mol. The Bertz CT molecular complexity index is 1030. The molecule has 6 nitrogen and oxygen atoms in total. The number of hydrogen-bond donors (Lipinski definition) is 1. The highest BCUT2D eigenvalue weighted by Crippen LogP contribution is 2.40. The molecule has 5 rings (SSSR count). The van der Waals surface area contributed by atoms with Crippen molar-refractivity contribution in [3.63, 3.8) is 0 Å². The highest BCUT2D eigenvalue weighted by Gasteiger charge is 2.47. The van der Waals surface area contributed by atoms with Gasteiger partial charge in [-0.25, -0.2) is 9.97 Å². The number of piperidine rings is 1. The van der Waals surface area contributed by atoms with Crippen LogP contribution in [0.1, 0.15) is 34.3 Å². The standard InChI is InChI=1S/C22H23N5OS/c1-13-3-4-19(24-10-13)26-17-8-15-9-18(17)27(12-15)22(28)16-7-14(2)11-25-20(16)21-23-5-6-29-21/h3-7,10-11,15,17-18H,8-9,12H2,1-2H3,(H,24,26). The molecule has 3 atom stereocenters. The number of nitrogens with zero attached hydrogens (tertiary/aromatic N) is 4. The van der Waals surface area contributed by atoms with Crippen molar-refractivity contribution in [3.8, 4) is 10.7 Å². The topological polar surface area (TPSA) is 71.0 Å². The molecule has 29 heavy (non-hydrogen) atoms. The van der Waals surface area contributed by atoms with Crippen LogP contribution in [0.25, 0.3) is 10.7 Å². The molecule has 3 aromatic rings. The van der Waals surface area contributed by atoms with Gasteiger partial charge in [-0.05, 0) is 55.9 Å². The number of aromatic nitrogens is 3. The third-order valence-corrected chi connectivity index (χ3v) is 6.66. The summed E-state index contributed by atoms with van der Waals surface area (Å²) in [4.78, 5) is 29.0. The molecule has 3 aromatic heterocycles.